The quantitative estimate of drug-likeness (QED) is 0.565. The highest BCUT2D eigenvalue weighted by Gasteiger charge is 2.04. The van der Waals surface area contributed by atoms with E-state index in [1.807, 2.05) is 30.3 Å². The van der Waals surface area contributed by atoms with Gasteiger partial charge in [0.05, 0.1) is 0 Å². The van der Waals surface area contributed by atoms with Crippen LogP contribution in [0, 0.1) is 0 Å². The molecule has 0 radical (unpaired) electrons. The van der Waals surface area contributed by atoms with Crippen LogP contribution in [0.4, 0.5) is 5.69 Å². The van der Waals surface area contributed by atoms with Crippen molar-refractivity contribution in [1.29, 1.82) is 0 Å². The predicted molar refractivity (Wildman–Crippen MR) is 76.7 cm³/mol. The number of nitrogen functional groups attached to an aromatic ring is 1. The predicted octanol–water partition coefficient (Wildman–Crippen LogP) is 1.94. The van der Waals surface area contributed by atoms with E-state index in [1.165, 1.54) is 5.56 Å². The van der Waals surface area contributed by atoms with Gasteiger partial charge in [0, 0.05) is 17.8 Å². The number of hydrogen-bond acceptors (Lipinski definition) is 3. The first-order valence-electron chi connectivity index (χ1n) is 6.18. The summed E-state index contributed by atoms with van der Waals surface area (Å²) in [5.74, 6) is 5.20. The Balaban J connectivity index is 1.84. The van der Waals surface area contributed by atoms with Crippen molar-refractivity contribution >= 4 is 11.6 Å². The molecule has 19 heavy (non-hydrogen) atoms. The van der Waals surface area contributed by atoms with Crippen LogP contribution in [-0.2, 0) is 6.42 Å². The third-order valence-corrected chi connectivity index (χ3v) is 2.86. The zero-order valence-corrected chi connectivity index (χ0v) is 10.6. The van der Waals surface area contributed by atoms with Gasteiger partial charge < -0.3 is 10.7 Å². The minimum absolute atomic E-state index is 0.0699. The second kappa shape index (κ2) is 6.56. The van der Waals surface area contributed by atoms with Crippen molar-refractivity contribution in [2.75, 3.05) is 12.0 Å². The summed E-state index contributed by atoms with van der Waals surface area (Å²) in [6.45, 7) is 0.625. The SMILES string of the molecule is NNc1ccc(C(=O)NCCc2ccccc2)cc1. The Morgan fingerprint density at radius 1 is 1.00 bits per heavy atom. The van der Waals surface area contributed by atoms with Gasteiger partial charge in [0.15, 0.2) is 0 Å². The van der Waals surface area contributed by atoms with E-state index < -0.39 is 0 Å². The van der Waals surface area contributed by atoms with Crippen molar-refractivity contribution in [3.8, 4) is 0 Å². The van der Waals surface area contributed by atoms with E-state index >= 15 is 0 Å². The molecule has 0 aromatic heterocycles. The largest absolute Gasteiger partial charge is 0.352 e. The fraction of sp³-hybridized carbons (Fsp3) is 0.133. The summed E-state index contributed by atoms with van der Waals surface area (Å²) in [6.07, 6.45) is 0.828. The lowest BCUT2D eigenvalue weighted by Crippen LogP contribution is -2.25. The zero-order chi connectivity index (χ0) is 13.5. The highest BCUT2D eigenvalue weighted by atomic mass is 16.1. The first-order chi connectivity index (χ1) is 9.29. The van der Waals surface area contributed by atoms with Gasteiger partial charge in [0.1, 0.15) is 0 Å². The van der Waals surface area contributed by atoms with Crippen LogP contribution in [0.25, 0.3) is 0 Å². The monoisotopic (exact) mass is 255 g/mol. The molecule has 0 aliphatic carbocycles. The third kappa shape index (κ3) is 3.82. The Bertz CT molecular complexity index is 523. The Hall–Kier alpha value is -2.33. The van der Waals surface area contributed by atoms with Gasteiger partial charge in [-0.2, -0.15) is 0 Å². The van der Waals surface area contributed by atoms with E-state index in [9.17, 15) is 4.79 Å². The van der Waals surface area contributed by atoms with Crippen molar-refractivity contribution in [2.45, 2.75) is 6.42 Å². The Kier molecular flexibility index (Phi) is 4.53. The lowest BCUT2D eigenvalue weighted by atomic mass is 10.1. The van der Waals surface area contributed by atoms with Crippen LogP contribution >= 0.6 is 0 Å². The normalized spacial score (nSPS) is 9.95. The van der Waals surface area contributed by atoms with Gasteiger partial charge in [-0.3, -0.25) is 10.6 Å². The van der Waals surface area contributed by atoms with Crippen molar-refractivity contribution < 1.29 is 4.79 Å². The molecule has 0 unspecified atom stereocenters. The Morgan fingerprint density at radius 3 is 2.32 bits per heavy atom. The second-order valence-corrected chi connectivity index (χ2v) is 4.21. The standard InChI is InChI=1S/C15H17N3O/c16-18-14-8-6-13(7-9-14)15(19)17-11-10-12-4-2-1-3-5-12/h1-9,18H,10-11,16H2,(H,17,19). The molecule has 0 saturated carbocycles. The summed E-state index contributed by atoms with van der Waals surface area (Å²) < 4.78 is 0. The number of carbonyl (C=O) groups is 1. The third-order valence-electron chi connectivity index (χ3n) is 2.86. The number of hydrazine groups is 1. The van der Waals surface area contributed by atoms with Crippen LogP contribution in [0.15, 0.2) is 54.6 Å². The van der Waals surface area contributed by atoms with Gasteiger partial charge in [-0.05, 0) is 36.2 Å². The summed E-state index contributed by atoms with van der Waals surface area (Å²) in [5.41, 5.74) is 5.15. The minimum atomic E-state index is -0.0699. The number of rotatable bonds is 5. The van der Waals surface area contributed by atoms with E-state index in [1.54, 1.807) is 24.3 Å². The summed E-state index contributed by atoms with van der Waals surface area (Å²) in [4.78, 5) is 11.9. The molecule has 4 nitrogen and oxygen atoms in total. The van der Waals surface area contributed by atoms with Crippen LogP contribution < -0.4 is 16.6 Å². The summed E-state index contributed by atoms with van der Waals surface area (Å²) in [6, 6.07) is 17.1. The number of nitrogens with two attached hydrogens (primary N) is 1. The molecule has 0 aliphatic rings. The molecule has 0 saturated heterocycles. The maximum atomic E-state index is 11.9. The first kappa shape index (κ1) is 13.1. The average molecular weight is 255 g/mol. The van der Waals surface area contributed by atoms with E-state index in [4.69, 9.17) is 5.84 Å². The topological polar surface area (TPSA) is 67.1 Å². The number of hydrogen-bond donors (Lipinski definition) is 3. The second-order valence-electron chi connectivity index (χ2n) is 4.21. The van der Waals surface area contributed by atoms with Crippen LogP contribution in [-0.4, -0.2) is 12.5 Å². The smallest absolute Gasteiger partial charge is 0.251 e. The number of nitrogens with one attached hydrogen (secondary N) is 2. The molecule has 2 aromatic rings. The van der Waals surface area contributed by atoms with Gasteiger partial charge in [0.2, 0.25) is 0 Å². The van der Waals surface area contributed by atoms with Crippen LogP contribution in [0.3, 0.4) is 0 Å². The maximum Gasteiger partial charge on any atom is 0.251 e. The van der Waals surface area contributed by atoms with E-state index in [-0.39, 0.29) is 5.91 Å². The summed E-state index contributed by atoms with van der Waals surface area (Å²) in [5, 5.41) is 2.89. The molecule has 0 aliphatic heterocycles. The van der Waals surface area contributed by atoms with Gasteiger partial charge in [-0.25, -0.2) is 0 Å². The molecule has 98 valence electrons. The number of anilines is 1. The van der Waals surface area contributed by atoms with E-state index in [0.717, 1.165) is 12.1 Å². The van der Waals surface area contributed by atoms with Crippen molar-refractivity contribution in [2.24, 2.45) is 5.84 Å². The molecule has 4 N–H and O–H groups in total. The first-order valence-corrected chi connectivity index (χ1v) is 6.18. The average Bonchev–Trinajstić information content (AvgIpc) is 2.48. The molecule has 0 heterocycles. The lowest BCUT2D eigenvalue weighted by Gasteiger charge is -2.06. The zero-order valence-electron chi connectivity index (χ0n) is 10.6. The van der Waals surface area contributed by atoms with E-state index in [0.29, 0.717) is 12.1 Å². The van der Waals surface area contributed by atoms with Crippen LogP contribution in [0.2, 0.25) is 0 Å². The van der Waals surface area contributed by atoms with Gasteiger partial charge in [-0.1, -0.05) is 30.3 Å². The molecular formula is C15H17N3O. The molecule has 4 heteroatoms. The van der Waals surface area contributed by atoms with Crippen LogP contribution in [0.1, 0.15) is 15.9 Å². The van der Waals surface area contributed by atoms with Crippen LogP contribution in [0.5, 0.6) is 0 Å². The highest BCUT2D eigenvalue weighted by Crippen LogP contribution is 2.07. The van der Waals surface area contributed by atoms with E-state index in [2.05, 4.69) is 10.7 Å². The Morgan fingerprint density at radius 2 is 1.68 bits per heavy atom. The Labute approximate surface area is 112 Å². The molecule has 0 atom stereocenters. The fourth-order valence-electron chi connectivity index (χ4n) is 1.78. The molecule has 0 bridgehead atoms. The maximum absolute atomic E-state index is 11.9. The summed E-state index contributed by atoms with van der Waals surface area (Å²) in [7, 11) is 0. The van der Waals surface area contributed by atoms with Gasteiger partial charge in [0.25, 0.3) is 5.91 Å². The fourth-order valence-corrected chi connectivity index (χ4v) is 1.78. The van der Waals surface area contributed by atoms with Crippen molar-refractivity contribution in [3.05, 3.63) is 65.7 Å². The molecule has 2 aromatic carbocycles. The highest BCUT2D eigenvalue weighted by molar-refractivity contribution is 5.94. The number of benzene rings is 2. The molecular weight excluding hydrogens is 238 g/mol. The molecule has 2 rings (SSSR count). The molecule has 0 spiro atoms. The molecule has 0 fully saturated rings. The number of amides is 1. The minimum Gasteiger partial charge on any atom is -0.352 e. The number of carbonyl (C=O) groups excluding carboxylic acids is 1. The van der Waals surface area contributed by atoms with Gasteiger partial charge >= 0.3 is 0 Å². The van der Waals surface area contributed by atoms with Gasteiger partial charge in [-0.15, -0.1) is 0 Å². The van der Waals surface area contributed by atoms with Crippen molar-refractivity contribution in [1.82, 2.24) is 5.32 Å². The summed E-state index contributed by atoms with van der Waals surface area (Å²) >= 11 is 0. The molecule has 1 amide bonds. The van der Waals surface area contributed by atoms with Crippen molar-refractivity contribution in [3.63, 3.8) is 0 Å². The lowest BCUT2D eigenvalue weighted by molar-refractivity contribution is 0.0954.